The molecule has 3 atom stereocenters. The van der Waals surface area contributed by atoms with Crippen LogP contribution in [0.1, 0.15) is 0 Å². The van der Waals surface area contributed by atoms with Gasteiger partial charge >= 0.3 is 0 Å². The third kappa shape index (κ3) is 1.15. The number of rotatable bonds is 0. The van der Waals surface area contributed by atoms with Gasteiger partial charge in [-0.05, 0) is 5.31 Å². The molecule has 1 nitrogen and oxygen atoms in total. The second kappa shape index (κ2) is 2.11. The van der Waals surface area contributed by atoms with E-state index in [1.807, 2.05) is 0 Å². The summed E-state index contributed by atoms with van der Waals surface area (Å²) in [5, 5.41) is 1.24. The van der Waals surface area contributed by atoms with Crippen molar-refractivity contribution in [2.45, 2.75) is 5.66 Å². The fourth-order valence-electron chi connectivity index (χ4n) is 0.432. The summed E-state index contributed by atoms with van der Waals surface area (Å²) in [7, 11) is 5.33. The molecular weight excluding hydrogens is 126 g/mol. The predicted octanol–water partition coefficient (Wildman–Crippen LogP) is 0.977. The summed E-state index contributed by atoms with van der Waals surface area (Å²) < 4.78 is 4.97. The van der Waals surface area contributed by atoms with Crippen molar-refractivity contribution in [1.29, 1.82) is 0 Å². The highest BCUT2D eigenvalue weighted by Crippen LogP contribution is 2.24. The highest BCUT2D eigenvalue weighted by molar-refractivity contribution is 7.27. The van der Waals surface area contributed by atoms with Gasteiger partial charge in [-0.2, -0.15) is 0 Å². The molecule has 0 aliphatic carbocycles. The van der Waals surface area contributed by atoms with Crippen LogP contribution in [0.4, 0.5) is 0 Å². The molecule has 1 rings (SSSR count). The van der Waals surface area contributed by atoms with E-state index in [1.165, 1.54) is 5.31 Å². The molecule has 0 saturated carbocycles. The summed E-state index contributed by atoms with van der Waals surface area (Å²) in [6.07, 6.45) is 1.78. The molecule has 1 aliphatic heterocycles. The zero-order valence-corrected chi connectivity index (χ0v) is 6.23. The first-order valence-corrected chi connectivity index (χ1v) is 3.38. The molecule has 3 heteroatoms. The van der Waals surface area contributed by atoms with Crippen LogP contribution in [0.5, 0.6) is 0 Å². The van der Waals surface area contributed by atoms with Gasteiger partial charge in [-0.3, -0.25) is 0 Å². The van der Waals surface area contributed by atoms with E-state index in [9.17, 15) is 0 Å². The number of ether oxygens (including phenoxy) is 1. The maximum atomic E-state index is 4.97. The van der Waals surface area contributed by atoms with Crippen LogP contribution in [0.25, 0.3) is 0 Å². The van der Waals surface area contributed by atoms with E-state index in [4.69, 9.17) is 4.74 Å². The van der Waals surface area contributed by atoms with Gasteiger partial charge in [0, 0.05) is 5.66 Å². The van der Waals surface area contributed by atoms with Gasteiger partial charge in [0.25, 0.3) is 0 Å². The molecule has 0 fully saturated rings. The molecule has 0 radical (unpaired) electrons. The van der Waals surface area contributed by atoms with Crippen LogP contribution in [0.15, 0.2) is 11.6 Å². The number of hydrogen-bond acceptors (Lipinski definition) is 1. The van der Waals surface area contributed by atoms with Crippen molar-refractivity contribution in [3.05, 3.63) is 11.6 Å². The van der Waals surface area contributed by atoms with Crippen molar-refractivity contribution >= 4 is 18.5 Å². The topological polar surface area (TPSA) is 9.23 Å². The average molecular weight is 134 g/mol. The molecule has 1 aliphatic rings. The number of hydrogen-bond donors (Lipinski definition) is 0. The van der Waals surface area contributed by atoms with Gasteiger partial charge in [0.05, 0.1) is 12.9 Å². The second-order valence-corrected chi connectivity index (χ2v) is 3.03. The first-order valence-electron chi connectivity index (χ1n) is 2.13. The molecule has 0 amide bonds. The minimum absolute atomic E-state index is 0.532. The Morgan fingerprint density at radius 2 is 2.57 bits per heavy atom. The van der Waals surface area contributed by atoms with Gasteiger partial charge in [0.2, 0.25) is 0 Å². The van der Waals surface area contributed by atoms with E-state index in [1.54, 1.807) is 6.26 Å². The Labute approximate surface area is 47.9 Å². The highest BCUT2D eigenvalue weighted by atomic mass is 31.0. The molecule has 0 saturated heterocycles. The molecule has 1 heterocycles. The summed E-state index contributed by atoms with van der Waals surface area (Å²) in [6.45, 7) is 0.823. The second-order valence-electron chi connectivity index (χ2n) is 1.56. The highest BCUT2D eigenvalue weighted by Gasteiger charge is 2.09. The largest absolute Gasteiger partial charge is 0.500 e. The Bertz CT molecular complexity index is 99.9. The van der Waals surface area contributed by atoms with Crippen LogP contribution in [-0.2, 0) is 4.74 Å². The predicted molar refractivity (Wildman–Crippen MR) is 37.2 cm³/mol. The van der Waals surface area contributed by atoms with Gasteiger partial charge in [0.1, 0.15) is 0 Å². The molecule has 0 aromatic carbocycles. The van der Waals surface area contributed by atoms with Crippen molar-refractivity contribution in [2.75, 3.05) is 6.61 Å². The van der Waals surface area contributed by atoms with E-state index in [0.29, 0.717) is 5.66 Å². The van der Waals surface area contributed by atoms with Crippen LogP contribution >= 0.6 is 18.5 Å². The van der Waals surface area contributed by atoms with Crippen molar-refractivity contribution < 1.29 is 4.74 Å². The lowest BCUT2D eigenvalue weighted by atomic mass is 10.5. The lowest BCUT2D eigenvalue weighted by Gasteiger charge is -1.95. The Morgan fingerprint density at radius 1 is 1.86 bits per heavy atom. The molecule has 0 aromatic rings. The molecule has 0 N–H and O–H groups in total. The zero-order chi connectivity index (χ0) is 5.28. The van der Waals surface area contributed by atoms with E-state index in [2.05, 4.69) is 18.5 Å². The van der Waals surface area contributed by atoms with Gasteiger partial charge < -0.3 is 4.74 Å². The van der Waals surface area contributed by atoms with Crippen LogP contribution in [0.2, 0.25) is 0 Å². The minimum atomic E-state index is 0.532. The normalized spacial score (nSPS) is 29.4. The summed E-state index contributed by atoms with van der Waals surface area (Å²) in [4.78, 5) is 0. The molecule has 40 valence electrons. The van der Waals surface area contributed by atoms with Gasteiger partial charge in [-0.25, -0.2) is 0 Å². The van der Waals surface area contributed by atoms with Crippen LogP contribution in [0, 0.1) is 0 Å². The van der Waals surface area contributed by atoms with Crippen molar-refractivity contribution in [1.82, 2.24) is 0 Å². The van der Waals surface area contributed by atoms with Crippen molar-refractivity contribution in [3.63, 3.8) is 0 Å². The summed E-state index contributed by atoms with van der Waals surface area (Å²) in [5.41, 5.74) is 0.532. The van der Waals surface area contributed by atoms with E-state index >= 15 is 0 Å². The third-order valence-electron chi connectivity index (χ3n) is 0.923. The molecule has 0 aromatic heterocycles. The molecule has 0 spiro atoms. The standard InChI is InChI=1S/C4H8OP2/c6-3-1-5-2-4(3)7/h1,4H,2,6-7H2. The molecule has 7 heavy (non-hydrogen) atoms. The minimum Gasteiger partial charge on any atom is -0.500 e. The lowest BCUT2D eigenvalue weighted by molar-refractivity contribution is 0.284. The molecule has 0 bridgehead atoms. The quantitative estimate of drug-likeness (QED) is 0.448. The first kappa shape index (κ1) is 5.54. The Hall–Kier alpha value is 0.400. The van der Waals surface area contributed by atoms with E-state index < -0.39 is 0 Å². The fraction of sp³-hybridized carbons (Fsp3) is 0.500. The summed E-state index contributed by atoms with van der Waals surface area (Å²) >= 11 is 0. The first-order chi connectivity index (χ1) is 3.30. The van der Waals surface area contributed by atoms with Gasteiger partial charge in [-0.1, -0.05) is 0 Å². The SMILES string of the molecule is PC1=COCC1P. The van der Waals surface area contributed by atoms with E-state index in [-0.39, 0.29) is 0 Å². The average Bonchev–Trinajstić information content (AvgIpc) is 1.91. The smallest absolute Gasteiger partial charge is 0.0977 e. The monoisotopic (exact) mass is 134 g/mol. The Morgan fingerprint density at radius 3 is 2.71 bits per heavy atom. The van der Waals surface area contributed by atoms with Crippen molar-refractivity contribution in [2.24, 2.45) is 0 Å². The van der Waals surface area contributed by atoms with Gasteiger partial charge in [0.15, 0.2) is 0 Å². The van der Waals surface area contributed by atoms with Crippen LogP contribution in [-0.4, -0.2) is 12.3 Å². The summed E-state index contributed by atoms with van der Waals surface area (Å²) in [6, 6.07) is 0. The van der Waals surface area contributed by atoms with Crippen LogP contribution < -0.4 is 0 Å². The Kier molecular flexibility index (Phi) is 1.67. The Balaban J connectivity index is 2.54. The maximum absolute atomic E-state index is 4.97. The summed E-state index contributed by atoms with van der Waals surface area (Å²) in [5.74, 6) is 0. The molecule has 3 unspecified atom stereocenters. The zero-order valence-electron chi connectivity index (χ0n) is 3.92. The molecular formula is C4H8OP2. The fourth-order valence-corrected chi connectivity index (χ4v) is 0.814. The third-order valence-corrected chi connectivity index (χ3v) is 2.45. The van der Waals surface area contributed by atoms with Crippen LogP contribution in [0.3, 0.4) is 0 Å². The van der Waals surface area contributed by atoms with Crippen molar-refractivity contribution in [3.8, 4) is 0 Å². The van der Waals surface area contributed by atoms with Gasteiger partial charge in [-0.15, -0.1) is 18.5 Å². The lowest BCUT2D eigenvalue weighted by Crippen LogP contribution is -1.95. The van der Waals surface area contributed by atoms with E-state index in [0.717, 1.165) is 6.61 Å². The maximum Gasteiger partial charge on any atom is 0.0977 e.